The fourth-order valence-electron chi connectivity index (χ4n) is 3.77. The molecule has 2 amide bonds. The Bertz CT molecular complexity index is 1020. The van der Waals surface area contributed by atoms with Crippen LogP contribution < -0.4 is 14.8 Å². The quantitative estimate of drug-likeness (QED) is 0.608. The second-order valence-corrected chi connectivity index (χ2v) is 7.66. The molecule has 2 aromatic carbocycles. The number of halogens is 1. The van der Waals surface area contributed by atoms with Crippen LogP contribution in [0.5, 0.6) is 11.5 Å². The summed E-state index contributed by atoms with van der Waals surface area (Å²) in [4.78, 5) is 15.2. The molecule has 1 N–H and O–H groups in total. The normalized spacial score (nSPS) is 15.6. The maximum atomic E-state index is 13.3. The van der Waals surface area contributed by atoms with E-state index in [0.717, 1.165) is 22.3 Å². The number of benzene rings is 2. The average Bonchev–Trinajstić information content (AvgIpc) is 3.22. The van der Waals surface area contributed by atoms with Crippen molar-refractivity contribution in [2.45, 2.75) is 12.6 Å². The zero-order chi connectivity index (χ0) is 20.4. The van der Waals surface area contributed by atoms with Crippen molar-refractivity contribution in [2.24, 2.45) is 0 Å². The van der Waals surface area contributed by atoms with Gasteiger partial charge in [0.25, 0.3) is 0 Å². The maximum absolute atomic E-state index is 13.3. The summed E-state index contributed by atoms with van der Waals surface area (Å²) in [5.41, 5.74) is 2.72. The molecule has 0 fully saturated rings. The van der Waals surface area contributed by atoms with Gasteiger partial charge in [-0.1, -0.05) is 34.1 Å². The van der Waals surface area contributed by atoms with Gasteiger partial charge in [0.05, 0.1) is 25.9 Å². The number of amides is 2. The van der Waals surface area contributed by atoms with Crippen molar-refractivity contribution in [3.8, 4) is 11.5 Å². The van der Waals surface area contributed by atoms with Crippen LogP contribution in [0.3, 0.4) is 0 Å². The maximum Gasteiger partial charge on any atom is 0.322 e. The highest BCUT2D eigenvalue weighted by molar-refractivity contribution is 9.10. The SMILES string of the molecule is COc1cccc(NC(=O)N2CCn3cccc3[C@@H]2c2ccc(Br)cc2)c1OC. The minimum absolute atomic E-state index is 0.177. The van der Waals surface area contributed by atoms with E-state index in [2.05, 4.69) is 38.1 Å². The first-order valence-electron chi connectivity index (χ1n) is 9.31. The second kappa shape index (κ2) is 8.21. The number of hydrogen-bond acceptors (Lipinski definition) is 3. The number of anilines is 1. The molecule has 3 aromatic rings. The standard InChI is InChI=1S/C22H22BrN3O3/c1-28-19-7-3-5-17(21(19)29-2)24-22(27)26-14-13-25-12-4-6-18(25)20(26)15-8-10-16(23)11-9-15/h3-12,20H,13-14H2,1-2H3,(H,24,27)/t20-/m0/s1. The Hall–Kier alpha value is -2.93. The fourth-order valence-corrected chi connectivity index (χ4v) is 4.03. The number of carbonyl (C=O) groups is 1. The van der Waals surface area contributed by atoms with Crippen molar-refractivity contribution in [2.75, 3.05) is 26.1 Å². The molecule has 4 rings (SSSR count). The zero-order valence-corrected chi connectivity index (χ0v) is 17.8. The summed E-state index contributed by atoms with van der Waals surface area (Å²) in [6.07, 6.45) is 2.06. The lowest BCUT2D eigenvalue weighted by Crippen LogP contribution is -2.44. The van der Waals surface area contributed by atoms with E-state index >= 15 is 0 Å². The van der Waals surface area contributed by atoms with Crippen molar-refractivity contribution in [3.63, 3.8) is 0 Å². The number of ether oxygens (including phenoxy) is 2. The predicted octanol–water partition coefficient (Wildman–Crippen LogP) is 4.90. The van der Waals surface area contributed by atoms with Crippen LogP contribution in [0.2, 0.25) is 0 Å². The highest BCUT2D eigenvalue weighted by Gasteiger charge is 2.32. The molecule has 1 aliphatic rings. The summed E-state index contributed by atoms with van der Waals surface area (Å²) in [6.45, 7) is 1.35. The van der Waals surface area contributed by atoms with Gasteiger partial charge in [-0.15, -0.1) is 0 Å². The molecule has 7 heteroatoms. The molecule has 150 valence electrons. The molecule has 0 bridgehead atoms. The van der Waals surface area contributed by atoms with Crippen LogP contribution in [0.4, 0.5) is 10.5 Å². The second-order valence-electron chi connectivity index (χ2n) is 6.75. The van der Waals surface area contributed by atoms with E-state index in [1.54, 1.807) is 26.4 Å². The van der Waals surface area contributed by atoms with E-state index in [1.165, 1.54) is 0 Å². The molecular weight excluding hydrogens is 434 g/mol. The number of fused-ring (bicyclic) bond motifs is 1. The van der Waals surface area contributed by atoms with Crippen molar-refractivity contribution >= 4 is 27.6 Å². The summed E-state index contributed by atoms with van der Waals surface area (Å²) >= 11 is 3.49. The Morgan fingerprint density at radius 2 is 1.83 bits per heavy atom. The third kappa shape index (κ3) is 3.70. The molecule has 6 nitrogen and oxygen atoms in total. The van der Waals surface area contributed by atoms with Gasteiger partial charge in [-0.05, 0) is 42.0 Å². The molecule has 1 atom stereocenters. The summed E-state index contributed by atoms with van der Waals surface area (Å²) < 4.78 is 14.0. The van der Waals surface area contributed by atoms with Gasteiger partial charge in [0.2, 0.25) is 0 Å². The predicted molar refractivity (Wildman–Crippen MR) is 116 cm³/mol. The Labute approximate surface area is 178 Å². The molecule has 0 aliphatic carbocycles. The van der Waals surface area contributed by atoms with Gasteiger partial charge in [-0.2, -0.15) is 0 Å². The zero-order valence-electron chi connectivity index (χ0n) is 16.3. The molecule has 0 saturated carbocycles. The number of carbonyl (C=O) groups excluding carboxylic acids is 1. The Morgan fingerprint density at radius 3 is 2.55 bits per heavy atom. The first-order chi connectivity index (χ1) is 14.1. The van der Waals surface area contributed by atoms with E-state index in [9.17, 15) is 4.79 Å². The Morgan fingerprint density at radius 1 is 1.03 bits per heavy atom. The lowest BCUT2D eigenvalue weighted by Gasteiger charge is -2.37. The van der Waals surface area contributed by atoms with E-state index < -0.39 is 0 Å². The van der Waals surface area contributed by atoms with E-state index in [-0.39, 0.29) is 12.1 Å². The molecule has 0 saturated heterocycles. The molecule has 2 heterocycles. The third-order valence-corrected chi connectivity index (χ3v) is 5.66. The highest BCUT2D eigenvalue weighted by Crippen LogP contribution is 2.37. The number of nitrogens with zero attached hydrogens (tertiary/aromatic N) is 2. The van der Waals surface area contributed by atoms with Gasteiger partial charge < -0.3 is 24.3 Å². The number of methoxy groups -OCH3 is 2. The van der Waals surface area contributed by atoms with Crippen LogP contribution in [0, 0.1) is 0 Å². The molecule has 1 aromatic heterocycles. The molecule has 29 heavy (non-hydrogen) atoms. The van der Waals surface area contributed by atoms with Crippen molar-refractivity contribution in [1.82, 2.24) is 9.47 Å². The molecule has 1 aliphatic heterocycles. The number of hydrogen-bond donors (Lipinski definition) is 1. The van der Waals surface area contributed by atoms with E-state index in [4.69, 9.17) is 9.47 Å². The smallest absolute Gasteiger partial charge is 0.322 e. The fraction of sp³-hybridized carbons (Fsp3) is 0.227. The van der Waals surface area contributed by atoms with Gasteiger partial charge in [0.15, 0.2) is 11.5 Å². The number of para-hydroxylation sites is 1. The first-order valence-corrected chi connectivity index (χ1v) is 10.1. The molecule has 0 unspecified atom stereocenters. The van der Waals surface area contributed by atoms with Gasteiger partial charge >= 0.3 is 6.03 Å². The first kappa shape index (κ1) is 19.4. The number of urea groups is 1. The van der Waals surface area contributed by atoms with Crippen LogP contribution in [-0.2, 0) is 6.54 Å². The lowest BCUT2D eigenvalue weighted by atomic mass is 10.0. The average molecular weight is 456 g/mol. The number of rotatable bonds is 4. The number of aromatic nitrogens is 1. The Balaban J connectivity index is 1.68. The summed E-state index contributed by atoms with van der Waals surface area (Å²) in [7, 11) is 3.14. The van der Waals surface area contributed by atoms with Gasteiger partial charge in [0, 0.05) is 29.5 Å². The molecule has 0 spiro atoms. The van der Waals surface area contributed by atoms with Gasteiger partial charge in [-0.3, -0.25) is 0 Å². The molecular formula is C22H22BrN3O3. The van der Waals surface area contributed by atoms with Gasteiger partial charge in [-0.25, -0.2) is 4.79 Å². The van der Waals surface area contributed by atoms with Crippen LogP contribution in [-0.4, -0.2) is 36.3 Å². The van der Waals surface area contributed by atoms with Gasteiger partial charge in [0.1, 0.15) is 0 Å². The lowest BCUT2D eigenvalue weighted by molar-refractivity contribution is 0.181. The third-order valence-electron chi connectivity index (χ3n) is 5.13. The monoisotopic (exact) mass is 455 g/mol. The highest BCUT2D eigenvalue weighted by atomic mass is 79.9. The van der Waals surface area contributed by atoms with Crippen LogP contribution in [0.25, 0.3) is 0 Å². The summed E-state index contributed by atoms with van der Waals surface area (Å²) in [6, 6.07) is 17.2. The van der Waals surface area contributed by atoms with Crippen molar-refractivity contribution in [3.05, 3.63) is 76.5 Å². The summed E-state index contributed by atoms with van der Waals surface area (Å²) in [5.74, 6) is 1.08. The van der Waals surface area contributed by atoms with Crippen LogP contribution >= 0.6 is 15.9 Å². The largest absolute Gasteiger partial charge is 0.493 e. The van der Waals surface area contributed by atoms with Crippen LogP contribution in [0.15, 0.2) is 65.3 Å². The molecule has 0 radical (unpaired) electrons. The van der Waals surface area contributed by atoms with E-state index in [1.807, 2.05) is 41.3 Å². The van der Waals surface area contributed by atoms with Crippen molar-refractivity contribution < 1.29 is 14.3 Å². The van der Waals surface area contributed by atoms with Crippen LogP contribution in [0.1, 0.15) is 17.3 Å². The number of nitrogens with one attached hydrogen (secondary N) is 1. The topological polar surface area (TPSA) is 55.7 Å². The van der Waals surface area contributed by atoms with Crippen molar-refractivity contribution in [1.29, 1.82) is 0 Å². The summed E-state index contributed by atoms with van der Waals surface area (Å²) in [5, 5.41) is 3.00. The minimum Gasteiger partial charge on any atom is -0.493 e. The Kier molecular flexibility index (Phi) is 5.49. The van der Waals surface area contributed by atoms with E-state index in [0.29, 0.717) is 23.7 Å². The minimum atomic E-state index is -0.183.